The topological polar surface area (TPSA) is 55.8 Å². The summed E-state index contributed by atoms with van der Waals surface area (Å²) < 4.78 is 23.9. The molecule has 0 unspecified atom stereocenters. The van der Waals surface area contributed by atoms with E-state index < -0.39 is 11.8 Å². The summed E-state index contributed by atoms with van der Waals surface area (Å²) >= 11 is 0. The van der Waals surface area contributed by atoms with Crippen LogP contribution in [0.25, 0.3) is 0 Å². The zero-order chi connectivity index (χ0) is 14.4. The molecule has 0 aliphatic carbocycles. The van der Waals surface area contributed by atoms with E-state index in [1.807, 2.05) is 30.3 Å². The third-order valence-electron chi connectivity index (χ3n) is 2.48. The monoisotopic (exact) mass is 276 g/mol. The van der Waals surface area contributed by atoms with Crippen molar-refractivity contribution in [2.24, 2.45) is 0 Å². The summed E-state index contributed by atoms with van der Waals surface area (Å²) in [6.07, 6.45) is 0. The Bertz CT molecular complexity index is 584. The number of carbonyl (C=O) groups is 1. The molecule has 2 aromatic carbocycles. The number of rotatable bonds is 6. The Morgan fingerprint density at radius 3 is 2.30 bits per heavy atom. The van der Waals surface area contributed by atoms with Crippen molar-refractivity contribution in [3.8, 4) is 11.5 Å². The molecule has 0 atom stereocenters. The van der Waals surface area contributed by atoms with E-state index in [-0.39, 0.29) is 24.5 Å². The molecule has 2 rings (SSSR count). The van der Waals surface area contributed by atoms with Crippen molar-refractivity contribution in [2.45, 2.75) is 0 Å². The lowest BCUT2D eigenvalue weighted by molar-refractivity contribution is 0.0695. The molecule has 0 saturated carbocycles. The Morgan fingerprint density at radius 2 is 1.65 bits per heavy atom. The Balaban J connectivity index is 1.86. The third kappa shape index (κ3) is 3.98. The quantitative estimate of drug-likeness (QED) is 0.824. The molecule has 0 saturated heterocycles. The van der Waals surface area contributed by atoms with Crippen LogP contribution in [-0.4, -0.2) is 24.3 Å². The summed E-state index contributed by atoms with van der Waals surface area (Å²) in [6.45, 7) is 0.473. The second kappa shape index (κ2) is 6.56. The van der Waals surface area contributed by atoms with Gasteiger partial charge in [-0.3, -0.25) is 0 Å². The van der Waals surface area contributed by atoms with E-state index in [0.717, 1.165) is 12.1 Å². The van der Waals surface area contributed by atoms with Gasteiger partial charge in [0.2, 0.25) is 0 Å². The van der Waals surface area contributed by atoms with Crippen molar-refractivity contribution in [3.05, 3.63) is 59.9 Å². The SMILES string of the molecule is O=C(O)c1cc(F)cc(OCCOc2ccccc2)c1. The van der Waals surface area contributed by atoms with Crippen LogP contribution in [0.15, 0.2) is 48.5 Å². The van der Waals surface area contributed by atoms with E-state index in [4.69, 9.17) is 14.6 Å². The molecule has 5 heteroatoms. The third-order valence-corrected chi connectivity index (χ3v) is 2.48. The number of benzene rings is 2. The Kier molecular flexibility index (Phi) is 4.55. The van der Waals surface area contributed by atoms with Crippen LogP contribution in [0.5, 0.6) is 11.5 Å². The molecule has 0 aliphatic rings. The molecule has 0 heterocycles. The maximum atomic E-state index is 13.2. The number of carboxylic acids is 1. The smallest absolute Gasteiger partial charge is 0.335 e. The largest absolute Gasteiger partial charge is 0.490 e. The Morgan fingerprint density at radius 1 is 1.00 bits per heavy atom. The first-order valence-corrected chi connectivity index (χ1v) is 6.00. The lowest BCUT2D eigenvalue weighted by Crippen LogP contribution is -2.09. The minimum absolute atomic E-state index is 0.149. The molecule has 0 aromatic heterocycles. The summed E-state index contributed by atoms with van der Waals surface area (Å²) in [5.41, 5.74) is -0.149. The maximum Gasteiger partial charge on any atom is 0.335 e. The van der Waals surface area contributed by atoms with Crippen molar-refractivity contribution < 1.29 is 23.8 Å². The van der Waals surface area contributed by atoms with E-state index in [1.165, 1.54) is 6.07 Å². The summed E-state index contributed by atoms with van der Waals surface area (Å²) in [5.74, 6) is -0.973. The van der Waals surface area contributed by atoms with Crippen LogP contribution >= 0.6 is 0 Å². The van der Waals surface area contributed by atoms with Gasteiger partial charge in [-0.05, 0) is 24.3 Å². The fraction of sp³-hybridized carbons (Fsp3) is 0.133. The number of para-hydroxylation sites is 1. The number of hydrogen-bond acceptors (Lipinski definition) is 3. The number of aromatic carboxylic acids is 1. The van der Waals surface area contributed by atoms with Gasteiger partial charge in [0.25, 0.3) is 0 Å². The normalized spacial score (nSPS) is 10.1. The van der Waals surface area contributed by atoms with Crippen molar-refractivity contribution in [1.29, 1.82) is 0 Å². The molecule has 0 bridgehead atoms. The molecule has 4 nitrogen and oxygen atoms in total. The summed E-state index contributed by atoms with van der Waals surface area (Å²) in [4.78, 5) is 10.8. The second-order valence-electron chi connectivity index (χ2n) is 3.99. The summed E-state index contributed by atoms with van der Waals surface area (Å²) in [5, 5.41) is 8.81. The molecule has 0 radical (unpaired) electrons. The predicted octanol–water partition coefficient (Wildman–Crippen LogP) is 2.98. The Labute approximate surface area is 115 Å². The molecule has 0 fully saturated rings. The molecule has 0 aliphatic heterocycles. The Hall–Kier alpha value is -2.56. The highest BCUT2D eigenvalue weighted by Gasteiger charge is 2.07. The van der Waals surface area contributed by atoms with Gasteiger partial charge in [0.1, 0.15) is 30.5 Å². The van der Waals surface area contributed by atoms with Crippen molar-refractivity contribution in [2.75, 3.05) is 13.2 Å². The van der Waals surface area contributed by atoms with Crippen molar-refractivity contribution in [3.63, 3.8) is 0 Å². The van der Waals surface area contributed by atoms with Crippen molar-refractivity contribution in [1.82, 2.24) is 0 Å². The van der Waals surface area contributed by atoms with Crippen LogP contribution in [0.4, 0.5) is 4.39 Å². The zero-order valence-corrected chi connectivity index (χ0v) is 10.6. The highest BCUT2D eigenvalue weighted by atomic mass is 19.1. The van der Waals surface area contributed by atoms with E-state index in [0.29, 0.717) is 5.75 Å². The molecule has 0 spiro atoms. The maximum absolute atomic E-state index is 13.2. The number of carboxylic acid groups (broad SMARTS) is 1. The molecule has 2 aromatic rings. The standard InChI is InChI=1S/C15H13FO4/c16-12-8-11(15(17)18)9-14(10-12)20-7-6-19-13-4-2-1-3-5-13/h1-5,8-10H,6-7H2,(H,17,18). The second-order valence-corrected chi connectivity index (χ2v) is 3.99. The van der Waals surface area contributed by atoms with Gasteiger partial charge in [0, 0.05) is 6.07 Å². The summed E-state index contributed by atoms with van der Waals surface area (Å²) in [6, 6.07) is 12.5. The molecule has 20 heavy (non-hydrogen) atoms. The van der Waals surface area contributed by atoms with Crippen LogP contribution in [0, 0.1) is 5.82 Å². The van der Waals surface area contributed by atoms with Gasteiger partial charge in [-0.15, -0.1) is 0 Å². The lowest BCUT2D eigenvalue weighted by Gasteiger charge is -2.09. The molecular weight excluding hydrogens is 263 g/mol. The van der Waals surface area contributed by atoms with E-state index >= 15 is 0 Å². The van der Waals surface area contributed by atoms with Gasteiger partial charge in [0.15, 0.2) is 0 Å². The van der Waals surface area contributed by atoms with Crippen LogP contribution in [0.2, 0.25) is 0 Å². The van der Waals surface area contributed by atoms with E-state index in [2.05, 4.69) is 0 Å². The van der Waals surface area contributed by atoms with E-state index in [1.54, 1.807) is 0 Å². The predicted molar refractivity (Wildman–Crippen MR) is 70.8 cm³/mol. The van der Waals surface area contributed by atoms with Crippen molar-refractivity contribution >= 4 is 5.97 Å². The number of hydrogen-bond donors (Lipinski definition) is 1. The first-order chi connectivity index (χ1) is 9.65. The van der Waals surface area contributed by atoms with Crippen LogP contribution < -0.4 is 9.47 Å². The van der Waals surface area contributed by atoms with Crippen LogP contribution in [0.3, 0.4) is 0 Å². The average Bonchev–Trinajstić information content (AvgIpc) is 2.44. The highest BCUT2D eigenvalue weighted by molar-refractivity contribution is 5.88. The fourth-order valence-corrected chi connectivity index (χ4v) is 1.61. The minimum atomic E-state index is -1.20. The molecular formula is C15H13FO4. The minimum Gasteiger partial charge on any atom is -0.490 e. The molecule has 1 N–H and O–H groups in total. The van der Waals surface area contributed by atoms with Crippen LogP contribution in [0.1, 0.15) is 10.4 Å². The fourth-order valence-electron chi connectivity index (χ4n) is 1.61. The van der Waals surface area contributed by atoms with Gasteiger partial charge >= 0.3 is 5.97 Å². The average molecular weight is 276 g/mol. The lowest BCUT2D eigenvalue weighted by atomic mass is 10.2. The summed E-state index contributed by atoms with van der Waals surface area (Å²) in [7, 11) is 0. The first kappa shape index (κ1) is 13.9. The van der Waals surface area contributed by atoms with Crippen LogP contribution in [-0.2, 0) is 0 Å². The van der Waals surface area contributed by atoms with Gasteiger partial charge in [0.05, 0.1) is 5.56 Å². The first-order valence-electron chi connectivity index (χ1n) is 6.00. The highest BCUT2D eigenvalue weighted by Crippen LogP contribution is 2.16. The molecule has 0 amide bonds. The van der Waals surface area contributed by atoms with Gasteiger partial charge < -0.3 is 14.6 Å². The van der Waals surface area contributed by atoms with E-state index in [9.17, 15) is 9.18 Å². The molecule has 104 valence electrons. The van der Waals surface area contributed by atoms with Gasteiger partial charge in [-0.2, -0.15) is 0 Å². The van der Waals surface area contributed by atoms with Gasteiger partial charge in [-0.1, -0.05) is 18.2 Å². The number of ether oxygens (including phenoxy) is 2. The van der Waals surface area contributed by atoms with Gasteiger partial charge in [-0.25, -0.2) is 9.18 Å². The zero-order valence-electron chi connectivity index (χ0n) is 10.6. The number of halogens is 1.